The average molecular weight is 259 g/mol. The number of likely N-dealkylation sites (N-methyl/N-ethyl adjacent to an activating group) is 2. The van der Waals surface area contributed by atoms with Crippen LogP contribution < -0.4 is 5.73 Å². The summed E-state index contributed by atoms with van der Waals surface area (Å²) in [6, 6.07) is 0.694. The van der Waals surface area contributed by atoms with E-state index in [0.717, 1.165) is 26.3 Å². The van der Waals surface area contributed by atoms with E-state index in [0.29, 0.717) is 19.2 Å². The second-order valence-electron chi connectivity index (χ2n) is 4.81. The number of carbonyl (C=O) groups excluding carboxylic acids is 1. The van der Waals surface area contributed by atoms with Crippen LogP contribution in [0.2, 0.25) is 0 Å². The number of morpholine rings is 1. The first-order valence-electron chi connectivity index (χ1n) is 6.42. The first kappa shape index (κ1) is 15.4. The second kappa shape index (κ2) is 7.68. The Kier molecular flexibility index (Phi) is 6.56. The fraction of sp³-hybridized carbons (Fsp3) is 0.917. The molecule has 6 nitrogen and oxygen atoms in total. The molecule has 0 aliphatic carbocycles. The van der Waals surface area contributed by atoms with E-state index in [1.807, 2.05) is 0 Å². The van der Waals surface area contributed by atoms with Gasteiger partial charge in [-0.1, -0.05) is 6.92 Å². The van der Waals surface area contributed by atoms with Crippen molar-refractivity contribution in [3.63, 3.8) is 0 Å². The molecule has 2 rings (SSSR count). The van der Waals surface area contributed by atoms with Crippen molar-refractivity contribution in [3.05, 3.63) is 0 Å². The van der Waals surface area contributed by atoms with Gasteiger partial charge in [-0.2, -0.15) is 0 Å². The number of hydrogen-bond donors (Lipinski definition) is 1. The first-order valence-corrected chi connectivity index (χ1v) is 6.42. The molecule has 0 bridgehead atoms. The summed E-state index contributed by atoms with van der Waals surface area (Å²) < 4.78 is 10.1. The third-order valence-corrected chi connectivity index (χ3v) is 3.27. The molecule has 1 unspecified atom stereocenters. The normalized spacial score (nSPS) is 25.2. The smallest absolute Gasteiger partial charge is 0.247 e. The summed E-state index contributed by atoms with van der Waals surface area (Å²) >= 11 is 0. The van der Waals surface area contributed by atoms with Crippen LogP contribution >= 0.6 is 0 Å². The lowest BCUT2D eigenvalue weighted by atomic mass is 10.2. The van der Waals surface area contributed by atoms with Gasteiger partial charge in [0, 0.05) is 13.1 Å². The van der Waals surface area contributed by atoms with Crippen LogP contribution in [0, 0.1) is 0 Å². The third-order valence-electron chi connectivity index (χ3n) is 3.27. The van der Waals surface area contributed by atoms with Gasteiger partial charge in [-0.05, 0) is 20.6 Å². The molecule has 0 aromatic heterocycles. The number of nitrogens with zero attached hydrogens (tertiary/aromatic N) is 2. The highest BCUT2D eigenvalue weighted by Gasteiger charge is 2.23. The molecule has 1 amide bonds. The van der Waals surface area contributed by atoms with E-state index >= 15 is 0 Å². The van der Waals surface area contributed by atoms with Gasteiger partial charge in [-0.3, -0.25) is 9.69 Å². The lowest BCUT2D eigenvalue weighted by Gasteiger charge is -2.31. The fourth-order valence-electron chi connectivity index (χ4n) is 1.68. The molecular formula is C12H25N3O3. The Bertz CT molecular complexity index is 257. The number of rotatable bonds is 3. The molecule has 0 saturated carbocycles. The van der Waals surface area contributed by atoms with Gasteiger partial charge in [0.15, 0.2) is 0 Å². The third kappa shape index (κ3) is 4.89. The Morgan fingerprint density at radius 2 is 2.11 bits per heavy atom. The van der Waals surface area contributed by atoms with Gasteiger partial charge in [0.05, 0.1) is 25.9 Å². The van der Waals surface area contributed by atoms with E-state index < -0.39 is 6.10 Å². The Balaban J connectivity index is 0.000000199. The Labute approximate surface area is 109 Å². The predicted octanol–water partition coefficient (Wildman–Crippen LogP) is -0.861. The summed E-state index contributed by atoms with van der Waals surface area (Å²) in [4.78, 5) is 15.0. The quantitative estimate of drug-likeness (QED) is 0.714. The Hall–Kier alpha value is -0.690. The summed E-state index contributed by atoms with van der Waals surface area (Å²) in [6.07, 6.45) is -0.399. The highest BCUT2D eigenvalue weighted by atomic mass is 16.5. The maximum atomic E-state index is 10.7. The van der Waals surface area contributed by atoms with Crippen molar-refractivity contribution < 1.29 is 14.3 Å². The van der Waals surface area contributed by atoms with E-state index in [1.54, 1.807) is 0 Å². The standard InChI is InChI=1S/C7H14N2O2.C5H11NO/c1-2-9-3-4-11-6(5-9)7(8)10;1-6(2)5-3-7-4-5/h6H,2-5H2,1H3,(H2,8,10);5H,3-4H2,1-2H3. The van der Waals surface area contributed by atoms with Crippen LogP contribution in [0.15, 0.2) is 0 Å². The highest BCUT2D eigenvalue weighted by Crippen LogP contribution is 2.04. The maximum Gasteiger partial charge on any atom is 0.247 e. The minimum atomic E-state index is -0.399. The lowest BCUT2D eigenvalue weighted by molar-refractivity contribution is -0.134. The number of primary amides is 1. The molecule has 2 heterocycles. The van der Waals surface area contributed by atoms with E-state index in [1.165, 1.54) is 0 Å². The molecule has 2 aliphatic rings. The van der Waals surface area contributed by atoms with Crippen molar-refractivity contribution >= 4 is 5.91 Å². The molecular weight excluding hydrogens is 234 g/mol. The van der Waals surface area contributed by atoms with Crippen LogP contribution in [0.3, 0.4) is 0 Å². The molecule has 1 atom stereocenters. The van der Waals surface area contributed by atoms with Crippen LogP contribution in [0.5, 0.6) is 0 Å². The number of amides is 1. The van der Waals surface area contributed by atoms with Crippen LogP contribution in [0.4, 0.5) is 0 Å². The molecule has 2 fully saturated rings. The summed E-state index contributed by atoms with van der Waals surface area (Å²) in [7, 11) is 4.15. The minimum absolute atomic E-state index is 0.358. The molecule has 0 aromatic carbocycles. The SMILES string of the molecule is CCN1CCOC(C(N)=O)C1.CN(C)C1COC1. The largest absolute Gasteiger partial charge is 0.378 e. The zero-order chi connectivity index (χ0) is 13.5. The molecule has 2 N–H and O–H groups in total. The van der Waals surface area contributed by atoms with E-state index in [2.05, 4.69) is 30.8 Å². The van der Waals surface area contributed by atoms with Gasteiger partial charge >= 0.3 is 0 Å². The van der Waals surface area contributed by atoms with Crippen molar-refractivity contribution in [2.45, 2.75) is 19.1 Å². The molecule has 2 saturated heterocycles. The van der Waals surface area contributed by atoms with E-state index in [-0.39, 0.29) is 5.91 Å². The van der Waals surface area contributed by atoms with Crippen molar-refractivity contribution in [3.8, 4) is 0 Å². The topological polar surface area (TPSA) is 68.0 Å². The number of nitrogens with two attached hydrogens (primary N) is 1. The second-order valence-corrected chi connectivity index (χ2v) is 4.81. The van der Waals surface area contributed by atoms with Gasteiger partial charge in [0.1, 0.15) is 6.10 Å². The van der Waals surface area contributed by atoms with Crippen molar-refractivity contribution in [2.75, 3.05) is 53.6 Å². The van der Waals surface area contributed by atoms with Crippen molar-refractivity contribution in [1.82, 2.24) is 9.80 Å². The molecule has 0 spiro atoms. The van der Waals surface area contributed by atoms with Crippen LogP contribution in [0.1, 0.15) is 6.92 Å². The summed E-state index contributed by atoms with van der Waals surface area (Å²) in [6.45, 7) is 7.02. The van der Waals surface area contributed by atoms with Gasteiger partial charge in [0.25, 0.3) is 0 Å². The molecule has 106 valence electrons. The molecule has 2 aliphatic heterocycles. The molecule has 6 heteroatoms. The van der Waals surface area contributed by atoms with Gasteiger partial charge < -0.3 is 20.1 Å². The maximum absolute atomic E-state index is 10.7. The van der Waals surface area contributed by atoms with Crippen molar-refractivity contribution in [2.24, 2.45) is 5.73 Å². The predicted molar refractivity (Wildman–Crippen MR) is 69.3 cm³/mol. The van der Waals surface area contributed by atoms with E-state index in [9.17, 15) is 4.79 Å². The lowest BCUT2D eigenvalue weighted by Crippen LogP contribution is -2.48. The summed E-state index contributed by atoms with van der Waals surface area (Å²) in [5, 5.41) is 0. The van der Waals surface area contributed by atoms with Crippen LogP contribution in [0.25, 0.3) is 0 Å². The average Bonchev–Trinajstić information content (AvgIpc) is 2.27. The van der Waals surface area contributed by atoms with Crippen LogP contribution in [-0.4, -0.2) is 81.4 Å². The number of carbonyl (C=O) groups is 1. The van der Waals surface area contributed by atoms with Gasteiger partial charge in [-0.15, -0.1) is 0 Å². The summed E-state index contributed by atoms with van der Waals surface area (Å²) in [5.74, 6) is -0.358. The zero-order valence-electron chi connectivity index (χ0n) is 11.6. The Morgan fingerprint density at radius 1 is 1.44 bits per heavy atom. The highest BCUT2D eigenvalue weighted by molar-refractivity contribution is 5.79. The van der Waals surface area contributed by atoms with Crippen molar-refractivity contribution in [1.29, 1.82) is 0 Å². The molecule has 18 heavy (non-hydrogen) atoms. The molecule has 0 radical (unpaired) electrons. The fourth-order valence-corrected chi connectivity index (χ4v) is 1.68. The number of ether oxygens (including phenoxy) is 2. The van der Waals surface area contributed by atoms with Crippen LogP contribution in [-0.2, 0) is 14.3 Å². The summed E-state index contributed by atoms with van der Waals surface area (Å²) in [5.41, 5.74) is 5.09. The minimum Gasteiger partial charge on any atom is -0.378 e. The first-order chi connectivity index (χ1) is 8.54. The molecule has 0 aromatic rings. The number of hydrogen-bond acceptors (Lipinski definition) is 5. The van der Waals surface area contributed by atoms with Gasteiger partial charge in [0.2, 0.25) is 5.91 Å². The zero-order valence-corrected chi connectivity index (χ0v) is 11.6. The Morgan fingerprint density at radius 3 is 2.44 bits per heavy atom. The monoisotopic (exact) mass is 259 g/mol. The van der Waals surface area contributed by atoms with Gasteiger partial charge in [-0.25, -0.2) is 0 Å². The van der Waals surface area contributed by atoms with E-state index in [4.69, 9.17) is 15.2 Å².